The Morgan fingerprint density at radius 1 is 0.741 bits per heavy atom. The third kappa shape index (κ3) is 5.81. The summed E-state index contributed by atoms with van der Waals surface area (Å²) in [6.45, 7) is 4.54. The zero-order valence-corrected chi connectivity index (χ0v) is 17.8. The number of hydrogen-bond acceptors (Lipinski definition) is 0. The summed E-state index contributed by atoms with van der Waals surface area (Å²) >= 11 is 0. The van der Waals surface area contributed by atoms with Crippen LogP contribution in [0.25, 0.3) is 0 Å². The first-order valence-electron chi connectivity index (χ1n) is 11.9. The SMILES string of the molecule is CCCCC[C@@H]1CCC(c2ccc(C3CCC(CCC)CC3)cc2)C[C@H]1F. The van der Waals surface area contributed by atoms with Gasteiger partial charge in [-0.25, -0.2) is 4.39 Å². The minimum atomic E-state index is -0.589. The van der Waals surface area contributed by atoms with E-state index in [1.165, 1.54) is 75.3 Å². The summed E-state index contributed by atoms with van der Waals surface area (Å²) < 4.78 is 14.7. The van der Waals surface area contributed by atoms with E-state index in [4.69, 9.17) is 0 Å². The van der Waals surface area contributed by atoms with Gasteiger partial charge in [-0.2, -0.15) is 0 Å². The second kappa shape index (κ2) is 10.6. The van der Waals surface area contributed by atoms with Crippen molar-refractivity contribution in [1.29, 1.82) is 0 Å². The fourth-order valence-electron chi connectivity index (χ4n) is 5.70. The highest BCUT2D eigenvalue weighted by molar-refractivity contribution is 5.28. The van der Waals surface area contributed by atoms with Gasteiger partial charge in [-0.1, -0.05) is 70.2 Å². The van der Waals surface area contributed by atoms with Crippen molar-refractivity contribution >= 4 is 0 Å². The highest BCUT2D eigenvalue weighted by atomic mass is 19.1. The molecule has 0 spiro atoms. The summed E-state index contributed by atoms with van der Waals surface area (Å²) in [6, 6.07) is 9.37. The summed E-state index contributed by atoms with van der Waals surface area (Å²) in [5.74, 6) is 2.50. The van der Waals surface area contributed by atoms with E-state index in [1.54, 1.807) is 0 Å². The Labute approximate surface area is 167 Å². The van der Waals surface area contributed by atoms with E-state index in [1.807, 2.05) is 0 Å². The number of benzene rings is 1. The Bertz CT molecular complexity index is 526. The van der Waals surface area contributed by atoms with Crippen LogP contribution in [0, 0.1) is 11.8 Å². The van der Waals surface area contributed by atoms with Gasteiger partial charge in [-0.15, -0.1) is 0 Å². The van der Waals surface area contributed by atoms with Crippen molar-refractivity contribution in [2.24, 2.45) is 11.8 Å². The summed E-state index contributed by atoms with van der Waals surface area (Å²) in [5.41, 5.74) is 2.91. The second-order valence-electron chi connectivity index (χ2n) is 9.45. The highest BCUT2D eigenvalue weighted by Gasteiger charge is 2.31. The molecule has 3 rings (SSSR count). The molecule has 2 aliphatic rings. The molecular weight excluding hydrogens is 331 g/mol. The molecule has 0 bridgehead atoms. The maximum Gasteiger partial charge on any atom is 0.103 e. The van der Waals surface area contributed by atoms with Crippen LogP contribution in [0.2, 0.25) is 0 Å². The van der Waals surface area contributed by atoms with Crippen molar-refractivity contribution in [3.05, 3.63) is 35.4 Å². The number of halogens is 1. The van der Waals surface area contributed by atoms with Crippen LogP contribution in [0.4, 0.5) is 4.39 Å². The third-order valence-corrected chi connectivity index (χ3v) is 7.51. The number of hydrogen-bond donors (Lipinski definition) is 0. The molecule has 2 aliphatic carbocycles. The predicted octanol–water partition coefficient (Wildman–Crippen LogP) is 8.56. The summed E-state index contributed by atoms with van der Waals surface area (Å²) in [7, 11) is 0. The molecule has 2 fully saturated rings. The van der Waals surface area contributed by atoms with Gasteiger partial charge in [0.25, 0.3) is 0 Å². The molecule has 0 radical (unpaired) electrons. The zero-order valence-electron chi connectivity index (χ0n) is 17.8. The number of rotatable bonds is 8. The van der Waals surface area contributed by atoms with Crippen LogP contribution in [-0.2, 0) is 0 Å². The Hall–Kier alpha value is -0.850. The van der Waals surface area contributed by atoms with Gasteiger partial charge in [0, 0.05) is 0 Å². The molecule has 0 heterocycles. The first kappa shape index (κ1) is 20.9. The van der Waals surface area contributed by atoms with Gasteiger partial charge < -0.3 is 0 Å². The Morgan fingerprint density at radius 3 is 1.96 bits per heavy atom. The number of alkyl halides is 1. The molecular formula is C26H41F. The predicted molar refractivity (Wildman–Crippen MR) is 115 cm³/mol. The molecule has 1 aromatic rings. The summed E-state index contributed by atoms with van der Waals surface area (Å²) in [5, 5.41) is 0. The minimum absolute atomic E-state index is 0.324. The second-order valence-corrected chi connectivity index (χ2v) is 9.45. The van der Waals surface area contributed by atoms with Crippen LogP contribution in [0.3, 0.4) is 0 Å². The van der Waals surface area contributed by atoms with Crippen molar-refractivity contribution in [2.75, 3.05) is 0 Å². The van der Waals surface area contributed by atoms with E-state index in [0.29, 0.717) is 11.8 Å². The lowest BCUT2D eigenvalue weighted by Crippen LogP contribution is -2.25. The molecule has 1 unspecified atom stereocenters. The van der Waals surface area contributed by atoms with E-state index in [0.717, 1.165) is 31.1 Å². The van der Waals surface area contributed by atoms with Gasteiger partial charge in [-0.3, -0.25) is 0 Å². The molecule has 152 valence electrons. The molecule has 0 aliphatic heterocycles. The molecule has 27 heavy (non-hydrogen) atoms. The zero-order chi connectivity index (χ0) is 19.1. The van der Waals surface area contributed by atoms with E-state index in [9.17, 15) is 4.39 Å². The van der Waals surface area contributed by atoms with Crippen molar-refractivity contribution < 1.29 is 4.39 Å². The largest absolute Gasteiger partial charge is 0.247 e. The Kier molecular flexibility index (Phi) is 8.22. The maximum absolute atomic E-state index is 14.7. The third-order valence-electron chi connectivity index (χ3n) is 7.51. The van der Waals surface area contributed by atoms with E-state index in [-0.39, 0.29) is 0 Å². The van der Waals surface area contributed by atoms with Crippen LogP contribution in [0.5, 0.6) is 0 Å². The van der Waals surface area contributed by atoms with Crippen LogP contribution >= 0.6 is 0 Å². The van der Waals surface area contributed by atoms with Gasteiger partial charge in [0.15, 0.2) is 0 Å². The highest BCUT2D eigenvalue weighted by Crippen LogP contribution is 2.41. The molecule has 0 amide bonds. The Balaban J connectivity index is 1.49. The van der Waals surface area contributed by atoms with Gasteiger partial charge >= 0.3 is 0 Å². The van der Waals surface area contributed by atoms with Crippen LogP contribution in [-0.4, -0.2) is 6.17 Å². The summed E-state index contributed by atoms with van der Waals surface area (Å²) in [6.07, 6.45) is 15.5. The van der Waals surface area contributed by atoms with Gasteiger partial charge in [0.2, 0.25) is 0 Å². The van der Waals surface area contributed by atoms with Crippen molar-refractivity contribution in [1.82, 2.24) is 0 Å². The minimum Gasteiger partial charge on any atom is -0.247 e. The smallest absolute Gasteiger partial charge is 0.103 e. The van der Waals surface area contributed by atoms with Gasteiger partial charge in [0.05, 0.1) is 0 Å². The maximum atomic E-state index is 14.7. The van der Waals surface area contributed by atoms with E-state index < -0.39 is 6.17 Å². The van der Waals surface area contributed by atoms with E-state index in [2.05, 4.69) is 38.1 Å². The average molecular weight is 373 g/mol. The topological polar surface area (TPSA) is 0 Å². The standard InChI is InChI=1S/C26H41F/c1-3-5-6-8-24-17-18-25(19-26(24)27)23-15-13-22(14-16-23)21-11-9-20(7-4-2)10-12-21/h13-16,20-21,24-26H,3-12,17-19H2,1-2H3/t20?,21?,24-,25?,26-/m1/s1. The molecule has 1 heteroatoms. The lowest BCUT2D eigenvalue weighted by atomic mass is 9.74. The molecule has 2 saturated carbocycles. The van der Waals surface area contributed by atoms with Crippen molar-refractivity contribution in [3.63, 3.8) is 0 Å². The fraction of sp³-hybridized carbons (Fsp3) is 0.769. The molecule has 1 aromatic carbocycles. The number of unbranched alkanes of at least 4 members (excludes halogenated alkanes) is 2. The quantitative estimate of drug-likeness (QED) is 0.401. The van der Waals surface area contributed by atoms with Crippen molar-refractivity contribution in [3.8, 4) is 0 Å². The first-order valence-corrected chi connectivity index (χ1v) is 11.9. The molecule has 3 atom stereocenters. The monoisotopic (exact) mass is 372 g/mol. The van der Waals surface area contributed by atoms with E-state index >= 15 is 0 Å². The van der Waals surface area contributed by atoms with Crippen LogP contribution < -0.4 is 0 Å². The summed E-state index contributed by atoms with van der Waals surface area (Å²) in [4.78, 5) is 0. The van der Waals surface area contributed by atoms with Crippen molar-refractivity contribution in [2.45, 2.75) is 115 Å². The Morgan fingerprint density at radius 2 is 1.37 bits per heavy atom. The molecule has 0 N–H and O–H groups in total. The molecule has 0 saturated heterocycles. The van der Waals surface area contributed by atoms with Crippen LogP contribution in [0.15, 0.2) is 24.3 Å². The first-order chi connectivity index (χ1) is 13.2. The fourth-order valence-corrected chi connectivity index (χ4v) is 5.70. The lowest BCUT2D eigenvalue weighted by Gasteiger charge is -2.32. The lowest BCUT2D eigenvalue weighted by molar-refractivity contribution is 0.141. The van der Waals surface area contributed by atoms with Gasteiger partial charge in [-0.05, 0) is 86.2 Å². The van der Waals surface area contributed by atoms with Crippen LogP contribution in [0.1, 0.15) is 120 Å². The average Bonchev–Trinajstić information content (AvgIpc) is 2.70. The van der Waals surface area contributed by atoms with Gasteiger partial charge in [0.1, 0.15) is 6.17 Å². The molecule has 0 nitrogen and oxygen atoms in total. The normalized spacial score (nSPS) is 31.7. The molecule has 0 aromatic heterocycles.